The van der Waals surface area contributed by atoms with Gasteiger partial charge in [-0.3, -0.25) is 4.79 Å². The molecular formula is C26H30N2O4. The summed E-state index contributed by atoms with van der Waals surface area (Å²) in [5, 5.41) is 16.3. The maximum Gasteiger partial charge on any atom is 0.308 e. The zero-order valence-corrected chi connectivity index (χ0v) is 18.9. The van der Waals surface area contributed by atoms with Gasteiger partial charge in [0.15, 0.2) is 0 Å². The van der Waals surface area contributed by atoms with Crippen LogP contribution < -0.4 is 4.74 Å². The fourth-order valence-corrected chi connectivity index (χ4v) is 4.31. The van der Waals surface area contributed by atoms with Gasteiger partial charge in [0.25, 0.3) is 0 Å². The Bertz CT molecular complexity index is 1060. The largest absolute Gasteiger partial charge is 0.497 e. The van der Waals surface area contributed by atoms with Crippen LogP contribution in [0.4, 0.5) is 0 Å². The van der Waals surface area contributed by atoms with Crippen LogP contribution in [0.1, 0.15) is 43.9 Å². The van der Waals surface area contributed by atoms with Crippen molar-refractivity contribution in [2.75, 3.05) is 13.7 Å². The summed E-state index contributed by atoms with van der Waals surface area (Å²) in [6, 6.07) is 17.9. The Balaban J connectivity index is 1.69. The highest BCUT2D eigenvalue weighted by Gasteiger charge is 2.40. The van der Waals surface area contributed by atoms with Crippen LogP contribution in [0.3, 0.4) is 0 Å². The normalized spacial score (nSPS) is 20.7. The summed E-state index contributed by atoms with van der Waals surface area (Å²) in [6.45, 7) is 4.25. The summed E-state index contributed by atoms with van der Waals surface area (Å²) in [6.07, 6.45) is 2.13. The van der Waals surface area contributed by atoms with Crippen molar-refractivity contribution < 1.29 is 19.4 Å². The van der Waals surface area contributed by atoms with E-state index in [2.05, 4.69) is 31.2 Å². The minimum atomic E-state index is -1.07. The van der Waals surface area contributed by atoms with Crippen molar-refractivity contribution >= 4 is 5.97 Å². The SMILES string of the molecule is CCOC(=O)C1CCC(O)(c2cc(-c3ccc(C)cc3)n(-c3ccc(OC)cc3)n2)CC1. The van der Waals surface area contributed by atoms with E-state index in [0.717, 1.165) is 22.7 Å². The Labute approximate surface area is 188 Å². The number of hydrogen-bond acceptors (Lipinski definition) is 5. The van der Waals surface area contributed by atoms with Crippen LogP contribution in [-0.4, -0.2) is 34.6 Å². The second-order valence-electron chi connectivity index (χ2n) is 8.45. The smallest absolute Gasteiger partial charge is 0.308 e. The molecule has 4 rings (SSSR count). The molecule has 0 aliphatic heterocycles. The summed E-state index contributed by atoms with van der Waals surface area (Å²) >= 11 is 0. The van der Waals surface area contributed by atoms with E-state index in [4.69, 9.17) is 14.6 Å². The number of benzene rings is 2. The number of ether oxygens (including phenoxy) is 2. The third-order valence-electron chi connectivity index (χ3n) is 6.28. The highest BCUT2D eigenvalue weighted by Crippen LogP contribution is 2.41. The first kappa shape index (κ1) is 22.1. The molecule has 1 fully saturated rings. The van der Waals surface area contributed by atoms with Gasteiger partial charge >= 0.3 is 5.97 Å². The maximum absolute atomic E-state index is 12.1. The Kier molecular flexibility index (Phi) is 6.33. The van der Waals surface area contributed by atoms with Crippen LogP contribution in [-0.2, 0) is 15.1 Å². The molecule has 168 valence electrons. The minimum Gasteiger partial charge on any atom is -0.497 e. The summed E-state index contributed by atoms with van der Waals surface area (Å²) in [5.41, 5.74) is 3.56. The third-order valence-corrected chi connectivity index (χ3v) is 6.28. The number of hydrogen-bond donors (Lipinski definition) is 1. The molecule has 0 saturated heterocycles. The van der Waals surface area contributed by atoms with Gasteiger partial charge < -0.3 is 14.6 Å². The fourth-order valence-electron chi connectivity index (χ4n) is 4.31. The second kappa shape index (κ2) is 9.17. The quantitative estimate of drug-likeness (QED) is 0.564. The number of esters is 1. The molecule has 32 heavy (non-hydrogen) atoms. The average Bonchev–Trinajstić information content (AvgIpc) is 3.27. The molecule has 1 saturated carbocycles. The molecule has 0 bridgehead atoms. The Morgan fingerprint density at radius 3 is 2.38 bits per heavy atom. The van der Waals surface area contributed by atoms with Gasteiger partial charge in [0.1, 0.15) is 11.4 Å². The van der Waals surface area contributed by atoms with Crippen molar-refractivity contribution in [1.82, 2.24) is 9.78 Å². The Morgan fingerprint density at radius 2 is 1.78 bits per heavy atom. The van der Waals surface area contributed by atoms with E-state index in [1.807, 2.05) is 41.9 Å². The number of rotatable bonds is 6. The van der Waals surface area contributed by atoms with Gasteiger partial charge in [0, 0.05) is 5.56 Å². The van der Waals surface area contributed by atoms with Crippen LogP contribution in [0.5, 0.6) is 5.75 Å². The molecule has 1 aromatic heterocycles. The van der Waals surface area contributed by atoms with E-state index >= 15 is 0 Å². The van der Waals surface area contributed by atoms with E-state index < -0.39 is 5.60 Å². The van der Waals surface area contributed by atoms with Crippen molar-refractivity contribution in [2.24, 2.45) is 5.92 Å². The minimum absolute atomic E-state index is 0.157. The molecule has 0 radical (unpaired) electrons. The zero-order chi connectivity index (χ0) is 22.7. The highest BCUT2D eigenvalue weighted by molar-refractivity contribution is 5.72. The maximum atomic E-state index is 12.1. The molecule has 0 amide bonds. The number of methoxy groups -OCH3 is 1. The number of aromatic nitrogens is 2. The fraction of sp³-hybridized carbons (Fsp3) is 0.385. The number of carbonyl (C=O) groups excluding carboxylic acids is 1. The molecule has 1 heterocycles. The molecule has 1 aliphatic carbocycles. The van der Waals surface area contributed by atoms with Gasteiger partial charge in [-0.05, 0) is 69.9 Å². The first-order valence-corrected chi connectivity index (χ1v) is 11.1. The molecule has 2 aromatic carbocycles. The number of aryl methyl sites for hydroxylation is 1. The molecule has 0 unspecified atom stereocenters. The van der Waals surface area contributed by atoms with Crippen LogP contribution in [0, 0.1) is 12.8 Å². The lowest BCUT2D eigenvalue weighted by atomic mass is 9.77. The van der Waals surface area contributed by atoms with Gasteiger partial charge in [0.2, 0.25) is 0 Å². The van der Waals surface area contributed by atoms with Gasteiger partial charge in [-0.1, -0.05) is 29.8 Å². The lowest BCUT2D eigenvalue weighted by molar-refractivity contribution is -0.151. The van der Waals surface area contributed by atoms with Gasteiger partial charge in [0.05, 0.1) is 36.7 Å². The zero-order valence-electron chi connectivity index (χ0n) is 18.9. The molecule has 1 N–H and O–H groups in total. The average molecular weight is 435 g/mol. The molecule has 0 atom stereocenters. The van der Waals surface area contributed by atoms with Crippen LogP contribution in [0.15, 0.2) is 54.6 Å². The van der Waals surface area contributed by atoms with Crippen molar-refractivity contribution in [2.45, 2.75) is 45.1 Å². The topological polar surface area (TPSA) is 73.6 Å². The van der Waals surface area contributed by atoms with E-state index in [1.54, 1.807) is 7.11 Å². The Hall–Kier alpha value is -3.12. The van der Waals surface area contributed by atoms with Gasteiger partial charge in [-0.15, -0.1) is 0 Å². The lowest BCUT2D eigenvalue weighted by Crippen LogP contribution is -2.35. The lowest BCUT2D eigenvalue weighted by Gasteiger charge is -2.33. The van der Waals surface area contributed by atoms with Crippen LogP contribution >= 0.6 is 0 Å². The van der Waals surface area contributed by atoms with Crippen molar-refractivity contribution in [3.63, 3.8) is 0 Å². The molecule has 3 aromatic rings. The molecule has 0 spiro atoms. The summed E-state index contributed by atoms with van der Waals surface area (Å²) in [4.78, 5) is 12.1. The summed E-state index contributed by atoms with van der Waals surface area (Å²) < 4.78 is 12.3. The standard InChI is InChI=1S/C26H30N2O4/c1-4-32-25(29)20-13-15-26(30,16-14-20)24-17-23(19-7-5-18(2)6-8-19)28(27-24)21-9-11-22(31-3)12-10-21/h5-12,17,20,30H,4,13-16H2,1-3H3. The van der Waals surface area contributed by atoms with Crippen molar-refractivity contribution in [3.05, 3.63) is 65.9 Å². The summed E-state index contributed by atoms with van der Waals surface area (Å²) in [5.74, 6) is 0.447. The van der Waals surface area contributed by atoms with Crippen molar-refractivity contribution in [3.8, 4) is 22.7 Å². The number of nitrogens with zero attached hydrogens (tertiary/aromatic N) is 2. The van der Waals surface area contributed by atoms with Crippen molar-refractivity contribution in [1.29, 1.82) is 0 Å². The number of carbonyl (C=O) groups is 1. The van der Waals surface area contributed by atoms with E-state index in [9.17, 15) is 9.90 Å². The number of aliphatic hydroxyl groups is 1. The third kappa shape index (κ3) is 4.41. The molecule has 6 nitrogen and oxygen atoms in total. The predicted molar refractivity (Wildman–Crippen MR) is 123 cm³/mol. The van der Waals surface area contributed by atoms with Crippen LogP contribution in [0.25, 0.3) is 16.9 Å². The molecule has 1 aliphatic rings. The first-order chi connectivity index (χ1) is 15.4. The van der Waals surface area contributed by atoms with Gasteiger partial charge in [-0.25, -0.2) is 4.68 Å². The van der Waals surface area contributed by atoms with E-state index in [-0.39, 0.29) is 11.9 Å². The summed E-state index contributed by atoms with van der Waals surface area (Å²) in [7, 11) is 1.64. The van der Waals surface area contributed by atoms with E-state index in [1.165, 1.54) is 5.56 Å². The first-order valence-electron chi connectivity index (χ1n) is 11.1. The van der Waals surface area contributed by atoms with E-state index in [0.29, 0.717) is 38.0 Å². The Morgan fingerprint density at radius 1 is 1.12 bits per heavy atom. The van der Waals surface area contributed by atoms with Gasteiger partial charge in [-0.2, -0.15) is 5.10 Å². The molecular weight excluding hydrogens is 404 g/mol. The predicted octanol–water partition coefficient (Wildman–Crippen LogP) is 4.80. The molecule has 6 heteroatoms. The highest BCUT2D eigenvalue weighted by atomic mass is 16.5. The second-order valence-corrected chi connectivity index (χ2v) is 8.45. The monoisotopic (exact) mass is 434 g/mol. The van der Waals surface area contributed by atoms with Crippen LogP contribution in [0.2, 0.25) is 0 Å².